The molecule has 1 rings (SSSR count). The average Bonchev–Trinajstić information content (AvgIpc) is 2.01. The van der Waals surface area contributed by atoms with Crippen molar-refractivity contribution >= 4 is 0 Å². The van der Waals surface area contributed by atoms with E-state index in [-0.39, 0.29) is 0 Å². The highest BCUT2D eigenvalue weighted by Crippen LogP contribution is 2.27. The third kappa shape index (κ3) is 3.06. The molecule has 0 unspecified atom stereocenters. The highest BCUT2D eigenvalue weighted by molar-refractivity contribution is 5.33. The summed E-state index contributed by atoms with van der Waals surface area (Å²) in [4.78, 5) is 0. The summed E-state index contributed by atoms with van der Waals surface area (Å²) in [6.07, 6.45) is 2.18. The highest BCUT2D eigenvalue weighted by atomic mass is 16.3. The molecule has 1 heteroatoms. The summed E-state index contributed by atoms with van der Waals surface area (Å²) in [5.74, 6) is 0.381. The Bertz CT molecular complexity index is 293. The first-order chi connectivity index (χ1) is 6.43. The summed E-state index contributed by atoms with van der Waals surface area (Å²) in [7, 11) is 0. The Kier molecular flexibility index (Phi) is 3.20. The van der Waals surface area contributed by atoms with Crippen LogP contribution >= 0.6 is 0 Å². The second-order valence-electron chi connectivity index (χ2n) is 4.87. The number of phenols is 1. The Morgan fingerprint density at radius 1 is 1.21 bits per heavy atom. The van der Waals surface area contributed by atoms with E-state index in [1.54, 1.807) is 6.07 Å². The normalized spacial score (nSPS) is 11.7. The van der Waals surface area contributed by atoms with Gasteiger partial charge in [0.05, 0.1) is 0 Å². The maximum atomic E-state index is 9.46. The minimum Gasteiger partial charge on any atom is -0.508 e. The van der Waals surface area contributed by atoms with Gasteiger partial charge in [-0.25, -0.2) is 0 Å². The van der Waals surface area contributed by atoms with E-state index in [4.69, 9.17) is 0 Å². The van der Waals surface area contributed by atoms with E-state index in [2.05, 4.69) is 26.8 Å². The second-order valence-corrected chi connectivity index (χ2v) is 4.87. The number of rotatable bonds is 3. The van der Waals surface area contributed by atoms with Crippen molar-refractivity contribution in [1.29, 1.82) is 0 Å². The maximum absolute atomic E-state index is 9.46. The predicted molar refractivity (Wildman–Crippen MR) is 60.6 cm³/mol. The molecule has 0 radical (unpaired) electrons. The monoisotopic (exact) mass is 192 g/mol. The molecule has 0 heterocycles. The van der Waals surface area contributed by atoms with Gasteiger partial charge < -0.3 is 5.11 Å². The largest absolute Gasteiger partial charge is 0.508 e. The number of aryl methyl sites for hydroxylation is 1. The summed E-state index contributed by atoms with van der Waals surface area (Å²) in [5.41, 5.74) is 2.68. The van der Waals surface area contributed by atoms with E-state index < -0.39 is 0 Å². The number of hydrogen-bond donors (Lipinski definition) is 1. The molecule has 0 saturated heterocycles. The van der Waals surface area contributed by atoms with E-state index in [0.717, 1.165) is 18.4 Å². The molecule has 0 atom stereocenters. The lowest BCUT2D eigenvalue weighted by Crippen LogP contribution is -2.13. The van der Waals surface area contributed by atoms with Crippen LogP contribution in [0.3, 0.4) is 0 Å². The van der Waals surface area contributed by atoms with Gasteiger partial charge in [0.15, 0.2) is 0 Å². The number of phenolic OH excluding ortho intramolecular Hbond substituents is 1. The molecule has 0 bridgehead atoms. The van der Waals surface area contributed by atoms with Gasteiger partial charge in [-0.2, -0.15) is 0 Å². The molecule has 0 amide bonds. The van der Waals surface area contributed by atoms with Crippen LogP contribution in [0.1, 0.15) is 38.3 Å². The molecular weight excluding hydrogens is 172 g/mol. The van der Waals surface area contributed by atoms with E-state index in [1.165, 1.54) is 5.56 Å². The van der Waals surface area contributed by atoms with E-state index >= 15 is 0 Å². The molecule has 0 fully saturated rings. The summed E-state index contributed by atoms with van der Waals surface area (Å²) in [6, 6.07) is 5.81. The molecule has 1 aromatic rings. The van der Waals surface area contributed by atoms with Crippen LogP contribution in [0.2, 0.25) is 0 Å². The summed E-state index contributed by atoms with van der Waals surface area (Å²) >= 11 is 0. The minimum absolute atomic E-state index is 0.320. The lowest BCUT2D eigenvalue weighted by molar-refractivity contribution is 0.348. The van der Waals surface area contributed by atoms with E-state index in [0.29, 0.717) is 11.2 Å². The molecule has 0 spiro atoms. The van der Waals surface area contributed by atoms with Crippen LogP contribution in [0.5, 0.6) is 5.75 Å². The van der Waals surface area contributed by atoms with Crippen molar-refractivity contribution in [2.75, 3.05) is 0 Å². The van der Waals surface area contributed by atoms with Crippen LogP contribution in [-0.4, -0.2) is 5.11 Å². The molecule has 78 valence electrons. The quantitative estimate of drug-likeness (QED) is 0.774. The summed E-state index contributed by atoms with van der Waals surface area (Å²) in [6.45, 7) is 8.73. The second kappa shape index (κ2) is 4.04. The lowest BCUT2D eigenvalue weighted by Gasteiger charge is -2.22. The molecule has 1 N–H and O–H groups in total. The number of hydrogen-bond acceptors (Lipinski definition) is 1. The third-order valence-electron chi connectivity index (χ3n) is 2.76. The third-order valence-corrected chi connectivity index (χ3v) is 2.76. The molecule has 14 heavy (non-hydrogen) atoms. The van der Waals surface area contributed by atoms with Crippen LogP contribution in [-0.2, 0) is 6.42 Å². The zero-order valence-corrected chi connectivity index (χ0v) is 9.59. The van der Waals surface area contributed by atoms with Gasteiger partial charge in [-0.3, -0.25) is 0 Å². The molecule has 0 aromatic heterocycles. The van der Waals surface area contributed by atoms with Gasteiger partial charge in [0.1, 0.15) is 5.75 Å². The van der Waals surface area contributed by atoms with Gasteiger partial charge in [-0.1, -0.05) is 33.3 Å². The van der Waals surface area contributed by atoms with Gasteiger partial charge in [-0.05, 0) is 42.0 Å². The Morgan fingerprint density at radius 2 is 1.86 bits per heavy atom. The Hall–Kier alpha value is -0.980. The highest BCUT2D eigenvalue weighted by Gasteiger charge is 2.15. The molecule has 0 aliphatic carbocycles. The first-order valence-corrected chi connectivity index (χ1v) is 5.22. The fourth-order valence-electron chi connectivity index (χ4n) is 1.62. The van der Waals surface area contributed by atoms with Gasteiger partial charge in [0.25, 0.3) is 0 Å². The molecule has 1 aromatic carbocycles. The van der Waals surface area contributed by atoms with Crippen LogP contribution in [0.25, 0.3) is 0 Å². The molecule has 0 aliphatic heterocycles. The van der Waals surface area contributed by atoms with Crippen molar-refractivity contribution in [3.05, 3.63) is 29.3 Å². The predicted octanol–water partition coefficient (Wildman–Crippen LogP) is 3.68. The fraction of sp³-hybridized carbons (Fsp3) is 0.538. The number of benzene rings is 1. The molecule has 0 aliphatic rings. The van der Waals surface area contributed by atoms with Crippen LogP contribution in [0.15, 0.2) is 18.2 Å². The van der Waals surface area contributed by atoms with Gasteiger partial charge in [0.2, 0.25) is 0 Å². The Labute approximate surface area is 86.8 Å². The fourth-order valence-corrected chi connectivity index (χ4v) is 1.62. The summed E-state index contributed by atoms with van der Waals surface area (Å²) in [5, 5.41) is 9.46. The molecule has 0 saturated carbocycles. The zero-order chi connectivity index (χ0) is 10.8. The zero-order valence-electron chi connectivity index (χ0n) is 9.59. The van der Waals surface area contributed by atoms with Crippen LogP contribution in [0.4, 0.5) is 0 Å². The molecular formula is C13H20O. The first-order valence-electron chi connectivity index (χ1n) is 5.22. The van der Waals surface area contributed by atoms with Crippen molar-refractivity contribution in [3.63, 3.8) is 0 Å². The van der Waals surface area contributed by atoms with Gasteiger partial charge in [-0.15, -0.1) is 0 Å². The van der Waals surface area contributed by atoms with Crippen molar-refractivity contribution < 1.29 is 5.11 Å². The van der Waals surface area contributed by atoms with Crippen molar-refractivity contribution in [3.8, 4) is 5.75 Å². The molecule has 1 nitrogen and oxygen atoms in total. The van der Waals surface area contributed by atoms with Crippen LogP contribution < -0.4 is 0 Å². The average molecular weight is 192 g/mol. The summed E-state index contributed by atoms with van der Waals surface area (Å²) < 4.78 is 0. The Morgan fingerprint density at radius 3 is 2.36 bits per heavy atom. The van der Waals surface area contributed by atoms with E-state index in [9.17, 15) is 5.11 Å². The van der Waals surface area contributed by atoms with Crippen molar-refractivity contribution in [2.45, 2.75) is 40.5 Å². The lowest BCUT2D eigenvalue weighted by atomic mass is 9.83. The maximum Gasteiger partial charge on any atom is 0.116 e. The first kappa shape index (κ1) is 11.1. The topological polar surface area (TPSA) is 20.2 Å². The smallest absolute Gasteiger partial charge is 0.116 e. The Balaban J connectivity index is 2.87. The number of aromatic hydroxyl groups is 1. The van der Waals surface area contributed by atoms with Gasteiger partial charge in [0, 0.05) is 0 Å². The van der Waals surface area contributed by atoms with E-state index in [1.807, 2.05) is 13.0 Å². The minimum atomic E-state index is 0.320. The van der Waals surface area contributed by atoms with Gasteiger partial charge >= 0.3 is 0 Å². The standard InChI is InChI=1S/C13H20O/c1-5-13(3,4)9-11-6-10(2)7-12(14)8-11/h6-8,14H,5,9H2,1-4H3. The van der Waals surface area contributed by atoms with Crippen LogP contribution in [0, 0.1) is 12.3 Å². The van der Waals surface area contributed by atoms with Crippen molar-refractivity contribution in [1.82, 2.24) is 0 Å². The van der Waals surface area contributed by atoms with Crippen molar-refractivity contribution in [2.24, 2.45) is 5.41 Å². The SMILES string of the molecule is CCC(C)(C)Cc1cc(C)cc(O)c1.